The number of rotatable bonds is 4. The van der Waals surface area contributed by atoms with Gasteiger partial charge in [0.2, 0.25) is 5.88 Å². The van der Waals surface area contributed by atoms with E-state index >= 15 is 0 Å². The summed E-state index contributed by atoms with van der Waals surface area (Å²) >= 11 is 12.5. The Bertz CT molecular complexity index is 1210. The van der Waals surface area contributed by atoms with E-state index in [2.05, 4.69) is 15.2 Å². The molecule has 0 aliphatic carbocycles. The molecule has 0 saturated carbocycles. The van der Waals surface area contributed by atoms with Gasteiger partial charge in [-0.3, -0.25) is 14.6 Å². The number of hydrogen-bond acceptors (Lipinski definition) is 6. The van der Waals surface area contributed by atoms with Crippen molar-refractivity contribution >= 4 is 23.2 Å². The first-order valence-electron chi connectivity index (χ1n) is 8.11. The number of aromatic nitrogens is 5. The molecule has 11 heteroatoms. The molecule has 9 nitrogen and oxygen atoms in total. The zero-order chi connectivity index (χ0) is 20.6. The normalized spacial score (nSPS) is 11.1. The Balaban J connectivity index is 2.04. The van der Waals surface area contributed by atoms with Crippen molar-refractivity contribution in [3.63, 3.8) is 0 Å². The molecule has 146 valence electrons. The molecule has 1 aromatic carbocycles. The van der Waals surface area contributed by atoms with Crippen LogP contribution in [-0.2, 0) is 7.05 Å². The minimum Gasteiger partial charge on any atom is -0.434 e. The molecule has 1 N–H and O–H groups in total. The molecule has 0 aliphatic heterocycles. The van der Waals surface area contributed by atoms with Crippen molar-refractivity contribution in [3.8, 4) is 17.3 Å². The smallest absolute Gasteiger partial charge is 0.349 e. The first kappa shape index (κ1) is 19.8. The van der Waals surface area contributed by atoms with Crippen molar-refractivity contribution in [2.24, 2.45) is 7.05 Å². The van der Waals surface area contributed by atoms with Crippen molar-refractivity contribution in [2.45, 2.75) is 19.8 Å². The summed E-state index contributed by atoms with van der Waals surface area (Å²) in [6.45, 7) is 3.76. The molecule has 0 radical (unpaired) electrons. The zero-order valence-corrected chi connectivity index (χ0v) is 16.6. The maximum absolute atomic E-state index is 12.1. The van der Waals surface area contributed by atoms with Crippen LogP contribution in [0.4, 0.5) is 0 Å². The minimum atomic E-state index is -0.741. The Morgan fingerprint density at radius 2 is 1.75 bits per heavy atom. The van der Waals surface area contributed by atoms with Crippen molar-refractivity contribution < 1.29 is 4.74 Å². The van der Waals surface area contributed by atoms with Gasteiger partial charge in [-0.25, -0.2) is 9.48 Å². The van der Waals surface area contributed by atoms with Gasteiger partial charge in [0, 0.05) is 18.7 Å². The number of nitrogens with one attached hydrogen (secondary N) is 1. The average molecular weight is 424 g/mol. The molecule has 0 saturated heterocycles. The Labute approximate surface area is 168 Å². The van der Waals surface area contributed by atoms with Crippen LogP contribution in [0.3, 0.4) is 0 Å². The van der Waals surface area contributed by atoms with Crippen LogP contribution in [0.15, 0.2) is 38.8 Å². The van der Waals surface area contributed by atoms with Crippen LogP contribution in [0.5, 0.6) is 11.6 Å². The SMILES string of the molecule is CC(C)c1cc(Oc2c(Cl)cc(-n3ncc(=O)[nH]c3=O)cc2Cl)nn(C)c1=O. The molecular weight excluding hydrogens is 409 g/mol. The number of benzene rings is 1. The van der Waals surface area contributed by atoms with Crippen LogP contribution in [0.2, 0.25) is 10.0 Å². The monoisotopic (exact) mass is 423 g/mol. The molecule has 0 unspecified atom stereocenters. The highest BCUT2D eigenvalue weighted by Gasteiger charge is 2.16. The highest BCUT2D eigenvalue weighted by molar-refractivity contribution is 6.37. The fourth-order valence-corrected chi connectivity index (χ4v) is 3.03. The molecule has 3 aromatic rings. The predicted molar refractivity (Wildman–Crippen MR) is 104 cm³/mol. The summed E-state index contributed by atoms with van der Waals surface area (Å²) in [6.07, 6.45) is 0.954. The van der Waals surface area contributed by atoms with E-state index in [0.29, 0.717) is 5.56 Å². The third kappa shape index (κ3) is 3.85. The summed E-state index contributed by atoms with van der Waals surface area (Å²) in [5, 5.41) is 7.98. The summed E-state index contributed by atoms with van der Waals surface area (Å²) < 4.78 is 7.81. The van der Waals surface area contributed by atoms with Crippen LogP contribution >= 0.6 is 23.2 Å². The van der Waals surface area contributed by atoms with E-state index in [1.165, 1.54) is 29.9 Å². The molecule has 0 fully saturated rings. The second-order valence-electron chi connectivity index (χ2n) is 6.21. The van der Waals surface area contributed by atoms with Gasteiger partial charge in [-0.05, 0) is 18.1 Å². The molecule has 28 heavy (non-hydrogen) atoms. The summed E-state index contributed by atoms with van der Waals surface area (Å²) in [5.74, 6) is 0.211. The van der Waals surface area contributed by atoms with Crippen LogP contribution < -0.4 is 21.5 Å². The molecular formula is C17H15Cl2N5O4. The number of H-pyrrole nitrogens is 1. The lowest BCUT2D eigenvalue weighted by Gasteiger charge is -2.13. The number of ether oxygens (including phenoxy) is 1. The molecule has 2 heterocycles. The molecule has 0 atom stereocenters. The fraction of sp³-hybridized carbons (Fsp3) is 0.235. The van der Waals surface area contributed by atoms with Crippen LogP contribution in [0, 0.1) is 0 Å². The first-order valence-corrected chi connectivity index (χ1v) is 8.87. The topological polar surface area (TPSA) is 112 Å². The maximum atomic E-state index is 12.1. The van der Waals surface area contributed by atoms with E-state index in [0.717, 1.165) is 10.9 Å². The average Bonchev–Trinajstić information content (AvgIpc) is 2.60. The Morgan fingerprint density at radius 1 is 1.11 bits per heavy atom. The van der Waals surface area contributed by atoms with Gasteiger partial charge in [-0.1, -0.05) is 37.0 Å². The second-order valence-corrected chi connectivity index (χ2v) is 7.03. The lowest BCUT2D eigenvalue weighted by atomic mass is 10.1. The van der Waals surface area contributed by atoms with E-state index in [9.17, 15) is 14.4 Å². The van der Waals surface area contributed by atoms with Gasteiger partial charge in [0.25, 0.3) is 11.1 Å². The number of aromatic amines is 1. The summed E-state index contributed by atoms with van der Waals surface area (Å²) in [7, 11) is 1.52. The minimum absolute atomic E-state index is 0.0319. The lowest BCUT2D eigenvalue weighted by molar-refractivity contribution is 0.437. The predicted octanol–water partition coefficient (Wildman–Crippen LogP) is 2.24. The summed E-state index contributed by atoms with van der Waals surface area (Å²) in [5.41, 5.74) is -0.826. The van der Waals surface area contributed by atoms with Crippen molar-refractivity contribution in [1.82, 2.24) is 24.5 Å². The Morgan fingerprint density at radius 3 is 2.32 bits per heavy atom. The number of hydrogen-bond donors (Lipinski definition) is 1. The Kier molecular flexibility index (Phi) is 5.39. The lowest BCUT2D eigenvalue weighted by Crippen LogP contribution is -2.30. The number of halogens is 2. The third-order valence-electron chi connectivity index (χ3n) is 3.84. The van der Waals surface area contributed by atoms with E-state index in [1.807, 2.05) is 13.8 Å². The quantitative estimate of drug-likeness (QED) is 0.688. The standard InChI is InChI=1S/C17H15Cl2N5O4/c1-8(2)10-6-14(22-23(3)16(10)26)28-15-11(18)4-9(5-12(15)19)24-17(27)21-13(25)7-20-24/h4-8H,1-3H3,(H,21,25,27). The van der Waals surface area contributed by atoms with Crippen molar-refractivity contribution in [1.29, 1.82) is 0 Å². The van der Waals surface area contributed by atoms with Crippen LogP contribution in [-0.4, -0.2) is 24.5 Å². The number of nitrogens with zero attached hydrogens (tertiary/aromatic N) is 4. The van der Waals surface area contributed by atoms with E-state index in [-0.39, 0.29) is 38.8 Å². The summed E-state index contributed by atoms with van der Waals surface area (Å²) in [6, 6.07) is 4.34. The zero-order valence-electron chi connectivity index (χ0n) is 15.1. The van der Waals surface area contributed by atoms with Gasteiger partial charge < -0.3 is 4.74 Å². The first-order chi connectivity index (χ1) is 13.2. The van der Waals surface area contributed by atoms with E-state index in [1.54, 1.807) is 0 Å². The number of aryl methyl sites for hydroxylation is 1. The second kappa shape index (κ2) is 7.61. The Hall–Kier alpha value is -2.91. The van der Waals surface area contributed by atoms with Gasteiger partial charge in [0.15, 0.2) is 5.75 Å². The highest BCUT2D eigenvalue weighted by Crippen LogP contribution is 2.37. The third-order valence-corrected chi connectivity index (χ3v) is 4.40. The molecule has 0 bridgehead atoms. The van der Waals surface area contributed by atoms with Gasteiger partial charge in [0.05, 0.1) is 15.7 Å². The molecule has 0 aliphatic rings. The molecule has 3 rings (SSSR count). The van der Waals surface area contributed by atoms with Gasteiger partial charge in [-0.15, -0.1) is 5.10 Å². The molecule has 0 amide bonds. The van der Waals surface area contributed by atoms with E-state index in [4.69, 9.17) is 27.9 Å². The van der Waals surface area contributed by atoms with Crippen LogP contribution in [0.25, 0.3) is 5.69 Å². The molecule has 0 spiro atoms. The maximum Gasteiger partial charge on any atom is 0.349 e. The van der Waals surface area contributed by atoms with Crippen LogP contribution in [0.1, 0.15) is 25.3 Å². The van der Waals surface area contributed by atoms with Crippen molar-refractivity contribution in [3.05, 3.63) is 71.2 Å². The van der Waals surface area contributed by atoms with Gasteiger partial charge in [0.1, 0.15) is 6.20 Å². The highest BCUT2D eigenvalue weighted by atomic mass is 35.5. The van der Waals surface area contributed by atoms with Gasteiger partial charge >= 0.3 is 5.69 Å². The molecule has 2 aromatic heterocycles. The van der Waals surface area contributed by atoms with Gasteiger partial charge in [-0.2, -0.15) is 9.78 Å². The van der Waals surface area contributed by atoms with Crippen molar-refractivity contribution in [2.75, 3.05) is 0 Å². The largest absolute Gasteiger partial charge is 0.434 e. The summed E-state index contributed by atoms with van der Waals surface area (Å²) in [4.78, 5) is 37.3. The van der Waals surface area contributed by atoms with E-state index < -0.39 is 11.2 Å². The fourth-order valence-electron chi connectivity index (χ4n) is 2.48.